The molecule has 2 aromatic carbocycles. The maximum atomic E-state index is 12.4. The molecular weight excluding hydrogens is 404 g/mol. The third-order valence-electron chi connectivity index (χ3n) is 5.22. The second kappa shape index (κ2) is 8.20. The van der Waals surface area contributed by atoms with Gasteiger partial charge in [0.2, 0.25) is 5.91 Å². The highest BCUT2D eigenvalue weighted by Gasteiger charge is 2.31. The van der Waals surface area contributed by atoms with E-state index in [1.165, 1.54) is 5.56 Å². The number of nitrogens with one attached hydrogen (secondary N) is 1. The quantitative estimate of drug-likeness (QED) is 0.651. The summed E-state index contributed by atoms with van der Waals surface area (Å²) in [6.45, 7) is 2.57. The maximum Gasteiger partial charge on any atom is 0.405 e. The molecule has 1 aliphatic rings. The van der Waals surface area contributed by atoms with E-state index < -0.39 is 6.09 Å². The number of aromatic nitrogens is 2. The number of halogens is 1. The summed E-state index contributed by atoms with van der Waals surface area (Å²) in [6, 6.07) is 15.7. The van der Waals surface area contributed by atoms with Crippen LogP contribution >= 0.6 is 11.6 Å². The van der Waals surface area contributed by atoms with Gasteiger partial charge in [-0.15, -0.1) is 0 Å². The molecule has 0 saturated carbocycles. The van der Waals surface area contributed by atoms with E-state index in [0.717, 1.165) is 34.6 Å². The summed E-state index contributed by atoms with van der Waals surface area (Å²) in [7, 11) is 0. The molecule has 4 rings (SSSR count). The Morgan fingerprint density at radius 2 is 1.87 bits per heavy atom. The number of carbonyl (C=O) groups is 2. The zero-order valence-corrected chi connectivity index (χ0v) is 17.2. The van der Waals surface area contributed by atoms with Gasteiger partial charge in [0.25, 0.3) is 0 Å². The van der Waals surface area contributed by atoms with E-state index in [1.54, 1.807) is 4.90 Å². The minimum atomic E-state index is -1.22. The van der Waals surface area contributed by atoms with E-state index in [9.17, 15) is 9.59 Å². The fourth-order valence-electron chi connectivity index (χ4n) is 3.75. The zero-order chi connectivity index (χ0) is 21.3. The number of aryl methyl sites for hydroxylation is 1. The van der Waals surface area contributed by atoms with Gasteiger partial charge in [-0.3, -0.25) is 4.79 Å². The molecule has 154 valence electrons. The largest absolute Gasteiger partial charge is 0.465 e. The van der Waals surface area contributed by atoms with E-state index in [0.29, 0.717) is 18.1 Å². The highest BCUT2D eigenvalue weighted by molar-refractivity contribution is 6.30. The molecule has 1 aliphatic heterocycles. The SMILES string of the molecule is CCc1ccccc1-n1nc2c(c1-c1ccc(Cl)cc1)CN(C(=O)CNC(=O)O)C2. The molecule has 0 bridgehead atoms. The first kappa shape index (κ1) is 20.0. The number of hydrogen-bond donors (Lipinski definition) is 2. The minimum absolute atomic E-state index is 0.255. The van der Waals surface area contributed by atoms with Crippen LogP contribution in [0.5, 0.6) is 0 Å². The molecule has 0 fully saturated rings. The van der Waals surface area contributed by atoms with Crippen molar-refractivity contribution in [1.29, 1.82) is 0 Å². The Bertz CT molecular complexity index is 1110. The number of hydrogen-bond acceptors (Lipinski definition) is 3. The van der Waals surface area contributed by atoms with Crippen LogP contribution in [0, 0.1) is 0 Å². The maximum absolute atomic E-state index is 12.4. The number of nitrogens with zero attached hydrogens (tertiary/aromatic N) is 3. The number of benzene rings is 2. The highest BCUT2D eigenvalue weighted by atomic mass is 35.5. The van der Waals surface area contributed by atoms with Gasteiger partial charge in [-0.25, -0.2) is 9.48 Å². The summed E-state index contributed by atoms with van der Waals surface area (Å²) in [6.07, 6.45) is -0.352. The molecule has 3 aromatic rings. The number of rotatable bonds is 5. The van der Waals surface area contributed by atoms with Gasteiger partial charge < -0.3 is 15.3 Å². The van der Waals surface area contributed by atoms with Gasteiger partial charge in [-0.05, 0) is 30.2 Å². The number of fused-ring (bicyclic) bond motifs is 1. The molecule has 30 heavy (non-hydrogen) atoms. The first-order valence-electron chi connectivity index (χ1n) is 9.67. The van der Waals surface area contributed by atoms with E-state index in [-0.39, 0.29) is 12.5 Å². The highest BCUT2D eigenvalue weighted by Crippen LogP contribution is 2.35. The molecule has 2 amide bonds. The molecular formula is C22H21ClN4O3. The summed E-state index contributed by atoms with van der Waals surface area (Å²) in [5, 5.41) is 16.4. The van der Waals surface area contributed by atoms with Crippen LogP contribution in [0.25, 0.3) is 16.9 Å². The van der Waals surface area contributed by atoms with Gasteiger partial charge in [0.15, 0.2) is 0 Å². The molecule has 7 nitrogen and oxygen atoms in total. The molecule has 0 atom stereocenters. The van der Waals surface area contributed by atoms with Crippen LogP contribution in [0.3, 0.4) is 0 Å². The summed E-state index contributed by atoms with van der Waals surface area (Å²) >= 11 is 6.09. The van der Waals surface area contributed by atoms with Crippen molar-refractivity contribution in [1.82, 2.24) is 20.0 Å². The van der Waals surface area contributed by atoms with Gasteiger partial charge in [0.05, 0.1) is 30.2 Å². The summed E-state index contributed by atoms with van der Waals surface area (Å²) in [4.78, 5) is 24.7. The first-order valence-corrected chi connectivity index (χ1v) is 10.0. The topological polar surface area (TPSA) is 87.5 Å². The van der Waals surface area contributed by atoms with E-state index in [1.807, 2.05) is 47.1 Å². The van der Waals surface area contributed by atoms with Crippen LogP contribution in [0.15, 0.2) is 48.5 Å². The summed E-state index contributed by atoms with van der Waals surface area (Å²) < 4.78 is 1.95. The van der Waals surface area contributed by atoms with E-state index in [4.69, 9.17) is 21.8 Å². The molecule has 1 aromatic heterocycles. The Morgan fingerprint density at radius 3 is 2.57 bits per heavy atom. The first-order chi connectivity index (χ1) is 14.5. The average Bonchev–Trinajstić information content (AvgIpc) is 3.31. The second-order valence-corrected chi connectivity index (χ2v) is 7.52. The van der Waals surface area contributed by atoms with Crippen molar-refractivity contribution in [2.45, 2.75) is 26.4 Å². The molecule has 0 saturated heterocycles. The lowest BCUT2D eigenvalue weighted by molar-refractivity contribution is -0.130. The zero-order valence-electron chi connectivity index (χ0n) is 16.4. The third kappa shape index (κ3) is 3.76. The number of amides is 2. The van der Waals surface area contributed by atoms with Crippen molar-refractivity contribution in [3.05, 3.63) is 70.4 Å². The molecule has 0 spiro atoms. The Hall–Kier alpha value is -3.32. The van der Waals surface area contributed by atoms with Gasteiger partial charge >= 0.3 is 6.09 Å². The Morgan fingerprint density at radius 1 is 1.13 bits per heavy atom. The summed E-state index contributed by atoms with van der Waals surface area (Å²) in [5.41, 5.74) is 5.83. The molecule has 0 radical (unpaired) electrons. The van der Waals surface area contributed by atoms with Crippen LogP contribution in [0.4, 0.5) is 4.79 Å². The van der Waals surface area contributed by atoms with Crippen molar-refractivity contribution in [3.63, 3.8) is 0 Å². The molecule has 2 N–H and O–H groups in total. The Labute approximate surface area is 178 Å². The Balaban J connectivity index is 1.76. The third-order valence-corrected chi connectivity index (χ3v) is 5.47. The van der Waals surface area contributed by atoms with E-state index >= 15 is 0 Å². The summed E-state index contributed by atoms with van der Waals surface area (Å²) in [5.74, 6) is -0.280. The fourth-order valence-corrected chi connectivity index (χ4v) is 3.88. The average molecular weight is 425 g/mol. The predicted molar refractivity (Wildman–Crippen MR) is 114 cm³/mol. The van der Waals surface area contributed by atoms with Crippen molar-refractivity contribution in [2.75, 3.05) is 6.54 Å². The molecule has 8 heteroatoms. The smallest absolute Gasteiger partial charge is 0.405 e. The lowest BCUT2D eigenvalue weighted by Crippen LogP contribution is -2.37. The molecule has 0 aliphatic carbocycles. The number of carboxylic acid groups (broad SMARTS) is 1. The van der Waals surface area contributed by atoms with Crippen molar-refractivity contribution in [2.24, 2.45) is 0 Å². The normalized spacial score (nSPS) is 12.7. The predicted octanol–water partition coefficient (Wildman–Crippen LogP) is 3.86. The van der Waals surface area contributed by atoms with Crippen LogP contribution < -0.4 is 5.32 Å². The second-order valence-electron chi connectivity index (χ2n) is 7.08. The lowest BCUT2D eigenvalue weighted by Gasteiger charge is -2.18. The monoisotopic (exact) mass is 424 g/mol. The van der Waals surface area contributed by atoms with Gasteiger partial charge in [-0.1, -0.05) is 48.9 Å². The van der Waals surface area contributed by atoms with Crippen molar-refractivity contribution >= 4 is 23.6 Å². The van der Waals surface area contributed by atoms with Crippen LogP contribution in [-0.4, -0.2) is 38.3 Å². The van der Waals surface area contributed by atoms with Crippen molar-refractivity contribution in [3.8, 4) is 16.9 Å². The molecule has 0 unspecified atom stereocenters. The van der Waals surface area contributed by atoms with Crippen molar-refractivity contribution < 1.29 is 14.7 Å². The van der Waals surface area contributed by atoms with E-state index in [2.05, 4.69) is 18.3 Å². The van der Waals surface area contributed by atoms with Crippen LogP contribution in [-0.2, 0) is 24.3 Å². The van der Waals surface area contributed by atoms with Gasteiger partial charge in [0.1, 0.15) is 6.54 Å². The minimum Gasteiger partial charge on any atom is -0.465 e. The standard InChI is InChI=1S/C22H21ClN4O3/c1-2-14-5-3-4-6-19(14)27-21(15-7-9-16(23)10-8-15)17-12-26(13-18(17)25-27)20(28)11-24-22(29)30/h3-10,24H,2,11-13H2,1H3,(H,29,30). The molecule has 2 heterocycles. The lowest BCUT2D eigenvalue weighted by atomic mass is 10.1. The Kier molecular flexibility index (Phi) is 5.46. The fraction of sp³-hybridized carbons (Fsp3) is 0.227. The van der Waals surface area contributed by atoms with Gasteiger partial charge in [0, 0.05) is 16.1 Å². The number of carbonyl (C=O) groups excluding carboxylic acids is 1. The van der Waals surface area contributed by atoms with Gasteiger partial charge in [-0.2, -0.15) is 5.10 Å². The van der Waals surface area contributed by atoms with Crippen LogP contribution in [0.1, 0.15) is 23.7 Å². The number of para-hydroxylation sites is 1. The van der Waals surface area contributed by atoms with Crippen LogP contribution in [0.2, 0.25) is 5.02 Å².